The molecule has 1 rings (SSSR count). The minimum absolute atomic E-state index is 0.376. The van der Waals surface area contributed by atoms with Crippen molar-refractivity contribution < 1.29 is 9.53 Å². The molecular weight excluding hydrogens is 178 g/mol. The van der Waals surface area contributed by atoms with Crippen LogP contribution in [0.1, 0.15) is 12.5 Å². The van der Waals surface area contributed by atoms with Crippen LogP contribution in [0, 0.1) is 6.92 Å². The van der Waals surface area contributed by atoms with E-state index in [1.165, 1.54) is 0 Å². The summed E-state index contributed by atoms with van der Waals surface area (Å²) in [6.07, 6.45) is 0. The normalized spacial score (nSPS) is 9.57. The first kappa shape index (κ1) is 10.3. The van der Waals surface area contributed by atoms with Gasteiger partial charge in [0.1, 0.15) is 5.75 Å². The van der Waals surface area contributed by atoms with E-state index in [0.29, 0.717) is 17.0 Å². The molecule has 14 heavy (non-hydrogen) atoms. The fraction of sp³-hybridized carbons (Fsp3) is 0.182. The van der Waals surface area contributed by atoms with Gasteiger partial charge in [-0.15, -0.1) is 0 Å². The zero-order chi connectivity index (χ0) is 10.7. The fourth-order valence-electron chi connectivity index (χ4n) is 0.974. The summed E-state index contributed by atoms with van der Waals surface area (Å²) in [5.74, 6) is 0.102. The van der Waals surface area contributed by atoms with Crippen molar-refractivity contribution in [3.05, 3.63) is 35.9 Å². The SMILES string of the molecule is C=C(C)C(=O)Oc1ccc(N)cc1C. The lowest BCUT2D eigenvalue weighted by atomic mass is 10.2. The number of hydrogen-bond donors (Lipinski definition) is 1. The van der Waals surface area contributed by atoms with Gasteiger partial charge < -0.3 is 10.5 Å². The summed E-state index contributed by atoms with van der Waals surface area (Å²) in [6, 6.07) is 5.11. The predicted molar refractivity (Wildman–Crippen MR) is 56.0 cm³/mol. The summed E-state index contributed by atoms with van der Waals surface area (Å²) in [5.41, 5.74) is 7.42. The Hall–Kier alpha value is -1.77. The van der Waals surface area contributed by atoms with Crippen LogP contribution in [0.25, 0.3) is 0 Å². The quantitative estimate of drug-likeness (QED) is 0.337. The monoisotopic (exact) mass is 191 g/mol. The van der Waals surface area contributed by atoms with Crippen LogP contribution in [-0.2, 0) is 4.79 Å². The number of ether oxygens (including phenoxy) is 1. The number of anilines is 1. The van der Waals surface area contributed by atoms with Gasteiger partial charge >= 0.3 is 5.97 Å². The third-order valence-electron chi connectivity index (χ3n) is 1.75. The number of nitrogens with two attached hydrogens (primary N) is 1. The Labute approximate surface area is 83.2 Å². The highest BCUT2D eigenvalue weighted by atomic mass is 16.5. The molecule has 0 heterocycles. The van der Waals surface area contributed by atoms with Crippen LogP contribution < -0.4 is 10.5 Å². The lowest BCUT2D eigenvalue weighted by Gasteiger charge is -2.07. The maximum absolute atomic E-state index is 11.2. The van der Waals surface area contributed by atoms with Gasteiger partial charge in [-0.25, -0.2) is 4.79 Å². The predicted octanol–water partition coefficient (Wildman–Crippen LogP) is 2.06. The van der Waals surface area contributed by atoms with Gasteiger partial charge in [0.15, 0.2) is 0 Å². The van der Waals surface area contributed by atoms with E-state index in [9.17, 15) is 4.79 Å². The number of aryl methyl sites for hydroxylation is 1. The molecule has 1 aromatic carbocycles. The van der Waals surface area contributed by atoms with E-state index in [2.05, 4.69) is 6.58 Å². The second-order valence-electron chi connectivity index (χ2n) is 3.19. The lowest BCUT2D eigenvalue weighted by Crippen LogP contribution is -2.09. The number of carbonyl (C=O) groups is 1. The van der Waals surface area contributed by atoms with Crippen molar-refractivity contribution in [1.29, 1.82) is 0 Å². The topological polar surface area (TPSA) is 52.3 Å². The van der Waals surface area contributed by atoms with Crippen LogP contribution in [0.2, 0.25) is 0 Å². The molecule has 0 aliphatic heterocycles. The molecule has 0 saturated heterocycles. The number of rotatable bonds is 2. The standard InChI is InChI=1S/C11H13NO2/c1-7(2)11(13)14-10-5-4-9(12)6-8(10)3/h4-6H,1,12H2,2-3H3. The Bertz CT molecular complexity index is 383. The van der Waals surface area contributed by atoms with E-state index in [1.54, 1.807) is 25.1 Å². The van der Waals surface area contributed by atoms with Crippen LogP contribution in [0.15, 0.2) is 30.4 Å². The van der Waals surface area contributed by atoms with Crippen molar-refractivity contribution in [1.82, 2.24) is 0 Å². The summed E-state index contributed by atoms with van der Waals surface area (Å²) in [5, 5.41) is 0. The first-order chi connectivity index (χ1) is 6.50. The molecule has 0 aliphatic rings. The van der Waals surface area contributed by atoms with Gasteiger partial charge in [0, 0.05) is 11.3 Å². The highest BCUT2D eigenvalue weighted by Gasteiger charge is 2.07. The zero-order valence-electron chi connectivity index (χ0n) is 8.33. The molecule has 0 unspecified atom stereocenters. The van der Waals surface area contributed by atoms with Crippen LogP contribution >= 0.6 is 0 Å². The largest absolute Gasteiger partial charge is 0.423 e. The summed E-state index contributed by atoms with van der Waals surface area (Å²) in [7, 11) is 0. The molecule has 0 aliphatic carbocycles. The van der Waals surface area contributed by atoms with Gasteiger partial charge in [-0.05, 0) is 37.6 Å². The van der Waals surface area contributed by atoms with E-state index in [4.69, 9.17) is 10.5 Å². The molecule has 0 saturated carbocycles. The molecule has 0 atom stereocenters. The summed E-state index contributed by atoms with van der Waals surface area (Å²) in [6.45, 7) is 6.94. The molecule has 0 bridgehead atoms. The van der Waals surface area contributed by atoms with Crippen molar-refractivity contribution >= 4 is 11.7 Å². The van der Waals surface area contributed by atoms with Crippen molar-refractivity contribution in [3.8, 4) is 5.75 Å². The number of carbonyl (C=O) groups excluding carboxylic acids is 1. The third-order valence-corrected chi connectivity index (χ3v) is 1.75. The lowest BCUT2D eigenvalue weighted by molar-refractivity contribution is -0.130. The van der Waals surface area contributed by atoms with E-state index < -0.39 is 5.97 Å². The molecular formula is C11H13NO2. The van der Waals surface area contributed by atoms with Gasteiger partial charge in [-0.1, -0.05) is 6.58 Å². The summed E-state index contributed by atoms with van der Waals surface area (Å²) in [4.78, 5) is 11.2. The van der Waals surface area contributed by atoms with Crippen LogP contribution in [0.4, 0.5) is 5.69 Å². The van der Waals surface area contributed by atoms with E-state index in [-0.39, 0.29) is 0 Å². The molecule has 3 heteroatoms. The van der Waals surface area contributed by atoms with Crippen LogP contribution in [0.3, 0.4) is 0 Å². The van der Waals surface area contributed by atoms with Crippen molar-refractivity contribution in [2.24, 2.45) is 0 Å². The molecule has 2 N–H and O–H groups in total. The number of esters is 1. The van der Waals surface area contributed by atoms with Gasteiger partial charge in [-0.2, -0.15) is 0 Å². The number of benzene rings is 1. The molecule has 74 valence electrons. The van der Waals surface area contributed by atoms with Gasteiger partial charge in [-0.3, -0.25) is 0 Å². The van der Waals surface area contributed by atoms with Gasteiger partial charge in [0.05, 0.1) is 0 Å². The highest BCUT2D eigenvalue weighted by molar-refractivity contribution is 5.89. The van der Waals surface area contributed by atoms with E-state index in [0.717, 1.165) is 5.56 Å². The van der Waals surface area contributed by atoms with Crippen molar-refractivity contribution in [3.63, 3.8) is 0 Å². The Morgan fingerprint density at radius 1 is 1.50 bits per heavy atom. The maximum Gasteiger partial charge on any atom is 0.338 e. The highest BCUT2D eigenvalue weighted by Crippen LogP contribution is 2.20. The molecule has 0 aromatic heterocycles. The third kappa shape index (κ3) is 2.36. The summed E-state index contributed by atoms with van der Waals surface area (Å²) < 4.78 is 5.07. The van der Waals surface area contributed by atoms with Crippen molar-refractivity contribution in [2.45, 2.75) is 13.8 Å². The minimum Gasteiger partial charge on any atom is -0.423 e. The van der Waals surface area contributed by atoms with Gasteiger partial charge in [0.2, 0.25) is 0 Å². The van der Waals surface area contributed by atoms with E-state index >= 15 is 0 Å². The smallest absolute Gasteiger partial charge is 0.338 e. The fourth-order valence-corrected chi connectivity index (χ4v) is 0.974. The maximum atomic E-state index is 11.2. The zero-order valence-corrected chi connectivity index (χ0v) is 8.33. The molecule has 0 fully saturated rings. The molecule has 0 radical (unpaired) electrons. The van der Waals surface area contributed by atoms with E-state index in [1.807, 2.05) is 6.92 Å². The average molecular weight is 191 g/mol. The first-order valence-electron chi connectivity index (χ1n) is 4.24. The number of hydrogen-bond acceptors (Lipinski definition) is 3. The minimum atomic E-state index is -0.419. The van der Waals surface area contributed by atoms with Crippen LogP contribution in [-0.4, -0.2) is 5.97 Å². The Morgan fingerprint density at radius 3 is 2.64 bits per heavy atom. The first-order valence-corrected chi connectivity index (χ1v) is 4.24. The average Bonchev–Trinajstić information content (AvgIpc) is 2.09. The Kier molecular flexibility index (Phi) is 2.92. The van der Waals surface area contributed by atoms with Crippen LogP contribution in [0.5, 0.6) is 5.75 Å². The summed E-state index contributed by atoms with van der Waals surface area (Å²) >= 11 is 0. The molecule has 1 aromatic rings. The molecule has 3 nitrogen and oxygen atoms in total. The van der Waals surface area contributed by atoms with Gasteiger partial charge in [0.25, 0.3) is 0 Å². The van der Waals surface area contributed by atoms with Crippen molar-refractivity contribution in [2.75, 3.05) is 5.73 Å². The Balaban J connectivity index is 2.87. The molecule has 0 spiro atoms. The second kappa shape index (κ2) is 3.96. The second-order valence-corrected chi connectivity index (χ2v) is 3.19. The number of nitrogen functional groups attached to an aromatic ring is 1. The molecule has 0 amide bonds. The Morgan fingerprint density at radius 2 is 2.14 bits per heavy atom.